The molecule has 0 radical (unpaired) electrons. The molecule has 3 aromatic rings. The average molecular weight is 652 g/mol. The summed E-state index contributed by atoms with van der Waals surface area (Å²) in [7, 11) is -1.56. The number of hydrogen-bond donors (Lipinski definition) is 4. The summed E-state index contributed by atoms with van der Waals surface area (Å²) in [6, 6.07) is 10.4. The zero-order valence-corrected chi connectivity index (χ0v) is 26.7. The first-order valence-electron chi connectivity index (χ1n) is 16.2. The second-order valence-corrected chi connectivity index (χ2v) is 11.9. The molecule has 1 aliphatic heterocycles. The third-order valence-electron chi connectivity index (χ3n) is 8.64. The van der Waals surface area contributed by atoms with Gasteiger partial charge < -0.3 is 34.3 Å². The van der Waals surface area contributed by atoms with Crippen LogP contribution in [0.1, 0.15) is 75.0 Å². The molecule has 2 atom stereocenters. The van der Waals surface area contributed by atoms with Crippen molar-refractivity contribution in [3.05, 3.63) is 101 Å². The Balaban J connectivity index is 1.87. The maximum absolute atomic E-state index is 14.5. The summed E-state index contributed by atoms with van der Waals surface area (Å²) in [6.07, 6.45) is 6.44. The number of ether oxygens (including phenoxy) is 1. The number of aliphatic hydroxyl groups is 2. The second-order valence-electron chi connectivity index (χ2n) is 11.9. The van der Waals surface area contributed by atoms with Crippen molar-refractivity contribution in [2.75, 3.05) is 0 Å². The topological polar surface area (TPSA) is 109 Å². The Morgan fingerprint density at radius 2 is 1.57 bits per heavy atom. The number of unbranched alkanes of at least 4 members (excludes halogenated alkanes) is 4. The highest BCUT2D eigenvalue weighted by Gasteiger charge is 2.53. The van der Waals surface area contributed by atoms with Crippen molar-refractivity contribution < 1.29 is 47.5 Å². The molecule has 4 N–H and O–H groups in total. The standard InChI is InChI=1S/C34H42B3F3O7/c1-3-5-7-8-10-33(35(43)30-14-11-27(38)18-24(30)21-41)46-36(31-15-12-28(39)19-25(31)22-42)34(17-9-6-4-2)45-23-26-20-29(40)13-16-32(26)37(44)47-34/h3,11-16,18-20,33,41-44H,1,4-10,17,21-23H2,2H3. The van der Waals surface area contributed by atoms with Gasteiger partial charge in [-0.05, 0) is 102 Å². The highest BCUT2D eigenvalue weighted by molar-refractivity contribution is 6.74. The van der Waals surface area contributed by atoms with Gasteiger partial charge in [0, 0.05) is 0 Å². The van der Waals surface area contributed by atoms with Gasteiger partial charge in [-0.25, -0.2) is 13.2 Å². The smallest absolute Gasteiger partial charge is 0.445 e. The quantitative estimate of drug-likeness (QED) is 0.100. The van der Waals surface area contributed by atoms with Crippen molar-refractivity contribution >= 4 is 37.3 Å². The zero-order valence-electron chi connectivity index (χ0n) is 26.7. The number of allylic oxidation sites excluding steroid dienone is 1. The van der Waals surface area contributed by atoms with Crippen LogP contribution >= 0.6 is 0 Å². The fourth-order valence-corrected chi connectivity index (χ4v) is 6.14. The van der Waals surface area contributed by atoms with Crippen molar-refractivity contribution in [3.63, 3.8) is 0 Å². The van der Waals surface area contributed by atoms with Crippen molar-refractivity contribution in [2.24, 2.45) is 0 Å². The van der Waals surface area contributed by atoms with E-state index in [1.165, 1.54) is 48.5 Å². The van der Waals surface area contributed by atoms with E-state index in [0.29, 0.717) is 42.2 Å². The molecule has 2 unspecified atom stereocenters. The second kappa shape index (κ2) is 17.5. The molecule has 47 heavy (non-hydrogen) atoms. The van der Waals surface area contributed by atoms with Crippen LogP contribution in [0.3, 0.4) is 0 Å². The lowest BCUT2D eigenvalue weighted by atomic mass is 9.47. The summed E-state index contributed by atoms with van der Waals surface area (Å²) in [5, 5.41) is 43.6. The van der Waals surface area contributed by atoms with Crippen LogP contribution in [0.5, 0.6) is 0 Å². The Labute approximate surface area is 275 Å². The highest BCUT2D eigenvalue weighted by atomic mass is 19.1. The Bertz CT molecular complexity index is 1480. The molecule has 3 aromatic carbocycles. The van der Waals surface area contributed by atoms with E-state index in [9.17, 15) is 33.4 Å². The summed E-state index contributed by atoms with van der Waals surface area (Å²) in [5.74, 6) is -1.69. The lowest BCUT2D eigenvalue weighted by Gasteiger charge is -2.41. The minimum absolute atomic E-state index is 0.162. The first-order valence-corrected chi connectivity index (χ1v) is 16.2. The molecule has 1 heterocycles. The van der Waals surface area contributed by atoms with Gasteiger partial charge in [0.2, 0.25) is 0 Å². The van der Waals surface area contributed by atoms with Gasteiger partial charge in [-0.1, -0.05) is 50.5 Å². The average Bonchev–Trinajstić information content (AvgIpc) is 3.20. The predicted molar refractivity (Wildman–Crippen MR) is 178 cm³/mol. The van der Waals surface area contributed by atoms with Crippen LogP contribution in [-0.4, -0.2) is 52.9 Å². The molecule has 13 heteroatoms. The van der Waals surface area contributed by atoms with Crippen molar-refractivity contribution in [2.45, 2.75) is 89.8 Å². The zero-order chi connectivity index (χ0) is 34.0. The number of hydrogen-bond acceptors (Lipinski definition) is 7. The first-order chi connectivity index (χ1) is 22.7. The normalized spacial score (nSPS) is 16.8. The first kappa shape index (κ1) is 36.9. The van der Waals surface area contributed by atoms with Gasteiger partial charge in [0.05, 0.1) is 25.8 Å². The summed E-state index contributed by atoms with van der Waals surface area (Å²) in [5.41, 5.74) is -0.156. The van der Waals surface area contributed by atoms with Crippen LogP contribution in [0.2, 0.25) is 0 Å². The van der Waals surface area contributed by atoms with Gasteiger partial charge >= 0.3 is 20.9 Å². The minimum atomic E-state index is -1.76. The molecule has 0 bridgehead atoms. The maximum atomic E-state index is 14.5. The van der Waals surface area contributed by atoms with E-state index in [1.807, 2.05) is 6.92 Å². The van der Waals surface area contributed by atoms with Crippen LogP contribution in [0.25, 0.3) is 0 Å². The maximum Gasteiger partial charge on any atom is 0.493 e. The Kier molecular flexibility index (Phi) is 13.7. The number of fused-ring (bicyclic) bond motifs is 1. The number of benzene rings is 3. The summed E-state index contributed by atoms with van der Waals surface area (Å²) >= 11 is 0. The van der Waals surface area contributed by atoms with E-state index >= 15 is 0 Å². The fourth-order valence-electron chi connectivity index (χ4n) is 6.14. The van der Waals surface area contributed by atoms with Crippen molar-refractivity contribution in [3.8, 4) is 0 Å². The summed E-state index contributed by atoms with van der Waals surface area (Å²) < 4.78 is 62.6. The third-order valence-corrected chi connectivity index (χ3v) is 8.64. The lowest BCUT2D eigenvalue weighted by molar-refractivity contribution is -0.151. The van der Waals surface area contributed by atoms with Crippen LogP contribution in [0.4, 0.5) is 13.2 Å². The number of rotatable bonds is 17. The highest BCUT2D eigenvalue weighted by Crippen LogP contribution is 2.32. The Morgan fingerprint density at radius 1 is 0.936 bits per heavy atom. The monoisotopic (exact) mass is 652 g/mol. The minimum Gasteiger partial charge on any atom is -0.445 e. The van der Waals surface area contributed by atoms with E-state index in [1.54, 1.807) is 6.08 Å². The van der Waals surface area contributed by atoms with Crippen LogP contribution in [0.15, 0.2) is 67.3 Å². The van der Waals surface area contributed by atoms with Gasteiger partial charge in [0.1, 0.15) is 17.5 Å². The van der Waals surface area contributed by atoms with Crippen LogP contribution in [-0.2, 0) is 33.9 Å². The van der Waals surface area contributed by atoms with E-state index in [4.69, 9.17) is 14.0 Å². The van der Waals surface area contributed by atoms with Crippen molar-refractivity contribution in [1.82, 2.24) is 0 Å². The molecule has 0 saturated carbocycles. The number of aliphatic hydroxyl groups excluding tert-OH is 2. The van der Waals surface area contributed by atoms with E-state index in [2.05, 4.69) is 6.58 Å². The van der Waals surface area contributed by atoms with Gasteiger partial charge in [-0.2, -0.15) is 0 Å². The Hall–Kier alpha value is -2.90. The SMILES string of the molecule is C=CCCCCC(OB(c1ccc(F)cc1CO)C1(CCCCC)OCc2cc(F)ccc2B(O)O1)B(O)c1ccc(F)cc1CO. The van der Waals surface area contributed by atoms with E-state index in [-0.39, 0.29) is 29.6 Å². The molecule has 250 valence electrons. The molecule has 4 rings (SSSR count). The largest absolute Gasteiger partial charge is 0.493 e. The third kappa shape index (κ3) is 9.17. The molecule has 0 aliphatic carbocycles. The predicted octanol–water partition coefficient (Wildman–Crippen LogP) is 3.60. The van der Waals surface area contributed by atoms with Gasteiger partial charge in [-0.3, -0.25) is 0 Å². The molecule has 1 aliphatic rings. The van der Waals surface area contributed by atoms with Crippen LogP contribution in [0, 0.1) is 17.5 Å². The molecule has 0 saturated heterocycles. The fraction of sp³-hybridized carbons (Fsp3) is 0.412. The lowest BCUT2D eigenvalue weighted by Crippen LogP contribution is -2.64. The van der Waals surface area contributed by atoms with E-state index < -0.39 is 63.3 Å². The molecule has 0 fully saturated rings. The molecular formula is C34H42B3F3O7. The molecule has 7 nitrogen and oxygen atoms in total. The molecular weight excluding hydrogens is 610 g/mol. The Morgan fingerprint density at radius 3 is 2.23 bits per heavy atom. The van der Waals surface area contributed by atoms with Crippen molar-refractivity contribution in [1.29, 1.82) is 0 Å². The molecule has 0 spiro atoms. The van der Waals surface area contributed by atoms with Gasteiger partial charge in [0.15, 0.2) is 5.69 Å². The summed E-state index contributed by atoms with van der Waals surface area (Å²) in [4.78, 5) is 0. The molecule has 0 amide bonds. The van der Waals surface area contributed by atoms with E-state index in [0.717, 1.165) is 25.3 Å². The molecule has 0 aromatic heterocycles. The van der Waals surface area contributed by atoms with Crippen LogP contribution < -0.4 is 16.4 Å². The van der Waals surface area contributed by atoms with Gasteiger partial charge in [-0.15, -0.1) is 6.58 Å². The summed E-state index contributed by atoms with van der Waals surface area (Å²) in [6.45, 7) is 1.91. The number of halogens is 3. The van der Waals surface area contributed by atoms with Gasteiger partial charge in [0.25, 0.3) is 0 Å².